The topological polar surface area (TPSA) is 57.6 Å². The van der Waals surface area contributed by atoms with Crippen molar-refractivity contribution < 1.29 is 14.7 Å². The third kappa shape index (κ3) is 3.59. The van der Waals surface area contributed by atoms with Crippen LogP contribution < -0.4 is 0 Å². The molecule has 1 aromatic carbocycles. The van der Waals surface area contributed by atoms with Crippen molar-refractivity contribution >= 4 is 11.9 Å². The van der Waals surface area contributed by atoms with Crippen LogP contribution in [-0.2, 0) is 9.59 Å². The van der Waals surface area contributed by atoms with Gasteiger partial charge in [0.25, 0.3) is 0 Å². The molecule has 1 aromatic rings. The van der Waals surface area contributed by atoms with Crippen molar-refractivity contribution in [3.8, 4) is 0 Å². The van der Waals surface area contributed by atoms with Gasteiger partial charge >= 0.3 is 5.97 Å². The fourth-order valence-electron chi connectivity index (χ4n) is 2.82. The maximum atomic E-state index is 12.3. The maximum Gasteiger partial charge on any atom is 0.304 e. The van der Waals surface area contributed by atoms with Crippen molar-refractivity contribution in [1.82, 2.24) is 4.90 Å². The van der Waals surface area contributed by atoms with Crippen molar-refractivity contribution in [2.75, 3.05) is 13.1 Å². The first-order valence-electron chi connectivity index (χ1n) is 7.13. The predicted molar refractivity (Wildman–Crippen MR) is 76.4 cm³/mol. The molecule has 1 N–H and O–H groups in total. The molecule has 20 heavy (non-hydrogen) atoms. The van der Waals surface area contributed by atoms with E-state index in [9.17, 15) is 9.59 Å². The molecule has 4 heteroatoms. The normalized spacial score (nSPS) is 20.8. The number of amides is 1. The Labute approximate surface area is 119 Å². The van der Waals surface area contributed by atoms with Gasteiger partial charge in [-0.1, -0.05) is 37.3 Å². The Morgan fingerprint density at radius 1 is 1.40 bits per heavy atom. The Morgan fingerprint density at radius 2 is 2.10 bits per heavy atom. The zero-order valence-corrected chi connectivity index (χ0v) is 11.8. The molecular weight excluding hydrogens is 254 g/mol. The summed E-state index contributed by atoms with van der Waals surface area (Å²) in [5.41, 5.74) is 1.21. The Balaban J connectivity index is 1.98. The van der Waals surface area contributed by atoms with Crippen molar-refractivity contribution in [3.63, 3.8) is 0 Å². The Morgan fingerprint density at radius 3 is 2.75 bits per heavy atom. The van der Waals surface area contributed by atoms with E-state index in [2.05, 4.69) is 19.1 Å². The number of aliphatic carboxylic acids is 1. The van der Waals surface area contributed by atoms with E-state index in [4.69, 9.17) is 5.11 Å². The molecule has 0 aromatic heterocycles. The van der Waals surface area contributed by atoms with Crippen LogP contribution in [0.5, 0.6) is 0 Å². The number of nitrogens with zero attached hydrogens (tertiary/aromatic N) is 1. The number of carbonyl (C=O) groups is 2. The number of likely N-dealkylation sites (tertiary alicyclic amines) is 1. The molecule has 1 saturated heterocycles. The minimum absolute atomic E-state index is 0.00133. The molecule has 0 spiro atoms. The first-order valence-corrected chi connectivity index (χ1v) is 7.13. The zero-order valence-electron chi connectivity index (χ0n) is 11.8. The lowest BCUT2D eigenvalue weighted by molar-refractivity contribution is -0.146. The average molecular weight is 275 g/mol. The van der Waals surface area contributed by atoms with Crippen LogP contribution in [0.3, 0.4) is 0 Å². The standard InChI is InChI=1S/C16H21NO3/c1-12(13-6-3-2-4-7-13)11-17-9-5-8-14(16(17)20)10-15(18)19/h2-4,6-7,12,14H,5,8-11H2,1H3,(H,18,19). The minimum atomic E-state index is -0.888. The number of carboxylic acids is 1. The van der Waals surface area contributed by atoms with Gasteiger partial charge in [-0.2, -0.15) is 0 Å². The second-order valence-corrected chi connectivity index (χ2v) is 5.53. The first-order chi connectivity index (χ1) is 9.58. The number of rotatable bonds is 5. The number of hydrogen-bond donors (Lipinski definition) is 1. The van der Waals surface area contributed by atoms with Crippen molar-refractivity contribution in [2.45, 2.75) is 32.1 Å². The van der Waals surface area contributed by atoms with Crippen LogP contribution in [0.1, 0.15) is 37.7 Å². The molecular formula is C16H21NO3. The molecule has 108 valence electrons. The maximum absolute atomic E-state index is 12.3. The van der Waals surface area contributed by atoms with Crippen LogP contribution in [0.4, 0.5) is 0 Å². The molecule has 2 unspecified atom stereocenters. The van der Waals surface area contributed by atoms with E-state index in [1.807, 2.05) is 23.1 Å². The molecule has 1 amide bonds. The quantitative estimate of drug-likeness (QED) is 0.898. The highest BCUT2D eigenvalue weighted by molar-refractivity contribution is 5.83. The highest BCUT2D eigenvalue weighted by Gasteiger charge is 2.30. The van der Waals surface area contributed by atoms with Gasteiger partial charge in [0.15, 0.2) is 0 Å². The number of carbonyl (C=O) groups excluding carboxylic acids is 1. The summed E-state index contributed by atoms with van der Waals surface area (Å²) in [7, 11) is 0. The van der Waals surface area contributed by atoms with E-state index in [-0.39, 0.29) is 24.2 Å². The molecule has 4 nitrogen and oxygen atoms in total. The molecule has 0 bridgehead atoms. The average Bonchev–Trinajstić information content (AvgIpc) is 2.43. The van der Waals surface area contributed by atoms with E-state index in [1.165, 1.54) is 5.56 Å². The molecule has 0 radical (unpaired) electrons. The van der Waals surface area contributed by atoms with E-state index in [0.29, 0.717) is 13.0 Å². The third-order valence-electron chi connectivity index (χ3n) is 3.93. The van der Waals surface area contributed by atoms with E-state index in [1.54, 1.807) is 0 Å². The predicted octanol–water partition coefficient (Wildman–Crippen LogP) is 2.50. The van der Waals surface area contributed by atoms with Crippen LogP contribution in [0.15, 0.2) is 30.3 Å². The van der Waals surface area contributed by atoms with Crippen LogP contribution >= 0.6 is 0 Å². The lowest BCUT2D eigenvalue weighted by Gasteiger charge is -2.33. The molecule has 0 aliphatic carbocycles. The van der Waals surface area contributed by atoms with E-state index >= 15 is 0 Å². The third-order valence-corrected chi connectivity index (χ3v) is 3.93. The Bertz CT molecular complexity index is 472. The molecule has 0 saturated carbocycles. The van der Waals surface area contributed by atoms with E-state index < -0.39 is 5.97 Å². The SMILES string of the molecule is CC(CN1CCCC(CC(=O)O)C1=O)c1ccccc1. The largest absolute Gasteiger partial charge is 0.481 e. The molecule has 2 rings (SSSR count). The van der Waals surface area contributed by atoms with Gasteiger partial charge in [-0.15, -0.1) is 0 Å². The van der Waals surface area contributed by atoms with Gasteiger partial charge in [0.05, 0.1) is 6.42 Å². The smallest absolute Gasteiger partial charge is 0.304 e. The van der Waals surface area contributed by atoms with Crippen molar-refractivity contribution in [2.24, 2.45) is 5.92 Å². The van der Waals surface area contributed by atoms with E-state index in [0.717, 1.165) is 13.0 Å². The van der Waals surface area contributed by atoms with Crippen molar-refractivity contribution in [1.29, 1.82) is 0 Å². The first kappa shape index (κ1) is 14.6. The summed E-state index contributed by atoms with van der Waals surface area (Å²) in [6.45, 7) is 3.51. The number of hydrogen-bond acceptors (Lipinski definition) is 2. The monoisotopic (exact) mass is 275 g/mol. The Hall–Kier alpha value is -1.84. The van der Waals surface area contributed by atoms with Gasteiger partial charge in [0, 0.05) is 19.0 Å². The lowest BCUT2D eigenvalue weighted by atomic mass is 9.92. The van der Waals surface area contributed by atoms with Gasteiger partial charge in [-0.05, 0) is 24.3 Å². The van der Waals surface area contributed by atoms with Gasteiger partial charge < -0.3 is 10.0 Å². The molecule has 1 aliphatic rings. The number of carboxylic acid groups (broad SMARTS) is 1. The highest BCUT2D eigenvalue weighted by atomic mass is 16.4. The van der Waals surface area contributed by atoms with Crippen LogP contribution in [0.25, 0.3) is 0 Å². The lowest BCUT2D eigenvalue weighted by Crippen LogP contribution is -2.43. The van der Waals surface area contributed by atoms with Gasteiger partial charge in [-0.3, -0.25) is 9.59 Å². The summed E-state index contributed by atoms with van der Waals surface area (Å²) >= 11 is 0. The zero-order chi connectivity index (χ0) is 14.5. The summed E-state index contributed by atoms with van der Waals surface area (Å²) in [5, 5.41) is 8.86. The molecule has 1 fully saturated rings. The molecule has 1 aliphatic heterocycles. The summed E-state index contributed by atoms with van der Waals surface area (Å²) in [4.78, 5) is 24.9. The second-order valence-electron chi connectivity index (χ2n) is 5.53. The fourth-order valence-corrected chi connectivity index (χ4v) is 2.82. The van der Waals surface area contributed by atoms with Gasteiger partial charge in [-0.25, -0.2) is 0 Å². The van der Waals surface area contributed by atoms with Gasteiger partial charge in [0.2, 0.25) is 5.91 Å². The van der Waals surface area contributed by atoms with Crippen LogP contribution in [0, 0.1) is 5.92 Å². The van der Waals surface area contributed by atoms with Crippen LogP contribution in [0.2, 0.25) is 0 Å². The fraction of sp³-hybridized carbons (Fsp3) is 0.500. The summed E-state index contributed by atoms with van der Waals surface area (Å²) in [6.07, 6.45) is 1.54. The summed E-state index contributed by atoms with van der Waals surface area (Å²) in [6, 6.07) is 10.1. The Kier molecular flexibility index (Phi) is 4.77. The highest BCUT2D eigenvalue weighted by Crippen LogP contribution is 2.24. The summed E-state index contributed by atoms with van der Waals surface area (Å²) in [5.74, 6) is -0.962. The van der Waals surface area contributed by atoms with Crippen molar-refractivity contribution in [3.05, 3.63) is 35.9 Å². The minimum Gasteiger partial charge on any atom is -0.481 e. The number of benzene rings is 1. The molecule has 2 atom stereocenters. The van der Waals surface area contributed by atoms with Gasteiger partial charge in [0.1, 0.15) is 0 Å². The second kappa shape index (κ2) is 6.55. The number of piperidine rings is 1. The van der Waals surface area contributed by atoms with Crippen LogP contribution in [-0.4, -0.2) is 35.0 Å². The summed E-state index contributed by atoms with van der Waals surface area (Å²) < 4.78 is 0. The molecule has 1 heterocycles.